The van der Waals surface area contributed by atoms with Gasteiger partial charge in [-0.05, 0) is 65.4 Å². The number of fused-ring (bicyclic) bond motifs is 1. The molecular weight excluding hydrogens is 352 g/mol. The topological polar surface area (TPSA) is 38.0 Å². The van der Waals surface area contributed by atoms with E-state index in [-0.39, 0.29) is 5.54 Å². The molecule has 0 fully saturated rings. The molecule has 1 aliphatic carbocycles. The third kappa shape index (κ3) is 4.37. The molecule has 4 rings (SSSR count). The van der Waals surface area contributed by atoms with Gasteiger partial charge >= 0.3 is 0 Å². The van der Waals surface area contributed by atoms with E-state index in [0.29, 0.717) is 0 Å². The Balaban J connectivity index is 1.67. The maximum absolute atomic E-state index is 6.03. The summed E-state index contributed by atoms with van der Waals surface area (Å²) in [6, 6.07) is 24.1. The van der Waals surface area contributed by atoms with Crippen LogP contribution in [0.3, 0.4) is 0 Å². The average molecular weight is 383 g/mol. The smallest absolute Gasteiger partial charge is 0.0849 e. The monoisotopic (exact) mass is 382 g/mol. The van der Waals surface area contributed by atoms with Crippen LogP contribution in [0.25, 0.3) is 10.8 Å². The fourth-order valence-corrected chi connectivity index (χ4v) is 4.12. The molecule has 0 bridgehead atoms. The second kappa shape index (κ2) is 8.57. The normalized spacial score (nSPS) is 18.6. The minimum Gasteiger partial charge on any atom is -0.399 e. The van der Waals surface area contributed by atoms with E-state index in [2.05, 4.69) is 85.1 Å². The Bertz CT molecular complexity index is 1030. The van der Waals surface area contributed by atoms with Gasteiger partial charge in [0.1, 0.15) is 0 Å². The molecule has 3 aromatic rings. The zero-order chi connectivity index (χ0) is 20.1. The van der Waals surface area contributed by atoms with Crippen LogP contribution in [0.2, 0.25) is 0 Å². The van der Waals surface area contributed by atoms with Gasteiger partial charge in [-0.25, -0.2) is 0 Å². The van der Waals surface area contributed by atoms with Crippen molar-refractivity contribution in [3.8, 4) is 0 Å². The number of hydrogen-bond donors (Lipinski definition) is 2. The van der Waals surface area contributed by atoms with Crippen molar-refractivity contribution in [3.05, 3.63) is 102 Å². The Morgan fingerprint density at radius 3 is 2.48 bits per heavy atom. The molecule has 0 saturated heterocycles. The number of allylic oxidation sites excluding steroid dienone is 1. The van der Waals surface area contributed by atoms with E-state index in [1.165, 1.54) is 41.2 Å². The molecule has 2 heteroatoms. The highest BCUT2D eigenvalue weighted by Gasteiger charge is 2.30. The second-order valence-electron chi connectivity index (χ2n) is 8.06. The standard InChI is InChI=1S/C27H30N2/c1-2-3-5-8-21-11-12-23-20-24(14-13-22(23)19-21)27(17-15-25(28)16-18-27)29-26-9-6-4-7-10-26/h4,6-7,9-17,19-20,29H,2-3,5,8,18,28H2,1H3. The first kappa shape index (κ1) is 19.3. The van der Waals surface area contributed by atoms with Gasteiger partial charge in [-0.1, -0.05) is 80.4 Å². The summed E-state index contributed by atoms with van der Waals surface area (Å²) in [5.41, 5.74) is 10.4. The van der Waals surface area contributed by atoms with Crippen LogP contribution in [0.5, 0.6) is 0 Å². The Labute approximate surface area is 174 Å². The Hall–Kier alpha value is -3.00. The highest BCUT2D eigenvalue weighted by Crippen LogP contribution is 2.36. The molecule has 0 radical (unpaired) electrons. The second-order valence-corrected chi connectivity index (χ2v) is 8.06. The molecule has 3 N–H and O–H groups in total. The first-order valence-electron chi connectivity index (χ1n) is 10.7. The number of para-hydroxylation sites is 1. The van der Waals surface area contributed by atoms with Gasteiger partial charge in [0, 0.05) is 11.4 Å². The third-order valence-electron chi connectivity index (χ3n) is 5.85. The Morgan fingerprint density at radius 1 is 0.931 bits per heavy atom. The van der Waals surface area contributed by atoms with Gasteiger partial charge in [-0.3, -0.25) is 0 Å². The molecular formula is C27H30N2. The van der Waals surface area contributed by atoms with Gasteiger partial charge in [0.05, 0.1) is 5.54 Å². The summed E-state index contributed by atoms with van der Waals surface area (Å²) < 4.78 is 0. The number of nitrogens with one attached hydrogen (secondary N) is 1. The lowest BCUT2D eigenvalue weighted by molar-refractivity contribution is 0.614. The molecule has 0 aliphatic heterocycles. The predicted octanol–water partition coefficient (Wildman–Crippen LogP) is 6.68. The van der Waals surface area contributed by atoms with E-state index in [0.717, 1.165) is 24.2 Å². The Morgan fingerprint density at radius 2 is 1.72 bits per heavy atom. The summed E-state index contributed by atoms with van der Waals surface area (Å²) in [6.45, 7) is 2.25. The summed E-state index contributed by atoms with van der Waals surface area (Å²) in [5.74, 6) is 0. The number of hydrogen-bond acceptors (Lipinski definition) is 2. The molecule has 148 valence electrons. The van der Waals surface area contributed by atoms with Crippen LogP contribution < -0.4 is 11.1 Å². The molecule has 2 nitrogen and oxygen atoms in total. The van der Waals surface area contributed by atoms with Crippen LogP contribution >= 0.6 is 0 Å². The van der Waals surface area contributed by atoms with E-state index >= 15 is 0 Å². The van der Waals surface area contributed by atoms with Crippen molar-refractivity contribution in [2.24, 2.45) is 5.73 Å². The molecule has 0 saturated carbocycles. The van der Waals surface area contributed by atoms with Crippen molar-refractivity contribution >= 4 is 16.5 Å². The van der Waals surface area contributed by atoms with Crippen LogP contribution in [0.4, 0.5) is 5.69 Å². The zero-order valence-corrected chi connectivity index (χ0v) is 17.2. The molecule has 0 amide bonds. The van der Waals surface area contributed by atoms with Crippen molar-refractivity contribution in [1.82, 2.24) is 0 Å². The quantitative estimate of drug-likeness (QED) is 0.447. The SMILES string of the molecule is CCCCCc1ccc2cc(C3(Nc4ccccc4)C=CC(N)=CC3)ccc2c1. The molecule has 1 unspecified atom stereocenters. The van der Waals surface area contributed by atoms with Crippen molar-refractivity contribution < 1.29 is 0 Å². The molecule has 29 heavy (non-hydrogen) atoms. The average Bonchev–Trinajstić information content (AvgIpc) is 2.76. The largest absolute Gasteiger partial charge is 0.399 e. The summed E-state index contributed by atoms with van der Waals surface area (Å²) in [7, 11) is 0. The number of nitrogens with two attached hydrogens (primary N) is 1. The van der Waals surface area contributed by atoms with Crippen molar-refractivity contribution in [1.29, 1.82) is 0 Å². The lowest BCUT2D eigenvalue weighted by Gasteiger charge is -2.35. The highest BCUT2D eigenvalue weighted by molar-refractivity contribution is 5.84. The predicted molar refractivity (Wildman–Crippen MR) is 125 cm³/mol. The molecule has 0 heterocycles. The van der Waals surface area contributed by atoms with Gasteiger partial charge < -0.3 is 11.1 Å². The van der Waals surface area contributed by atoms with E-state index in [1.807, 2.05) is 12.1 Å². The molecule has 3 aromatic carbocycles. The maximum Gasteiger partial charge on any atom is 0.0849 e. The molecule has 1 aliphatic rings. The van der Waals surface area contributed by atoms with E-state index in [9.17, 15) is 0 Å². The van der Waals surface area contributed by atoms with Gasteiger partial charge in [0.25, 0.3) is 0 Å². The summed E-state index contributed by atoms with van der Waals surface area (Å²) in [5, 5.41) is 6.35. The molecule has 1 atom stereocenters. The van der Waals surface area contributed by atoms with Crippen molar-refractivity contribution in [3.63, 3.8) is 0 Å². The first-order valence-corrected chi connectivity index (χ1v) is 10.7. The fraction of sp³-hybridized carbons (Fsp3) is 0.259. The van der Waals surface area contributed by atoms with Crippen molar-refractivity contribution in [2.45, 2.75) is 44.6 Å². The van der Waals surface area contributed by atoms with Crippen molar-refractivity contribution in [2.75, 3.05) is 5.32 Å². The van der Waals surface area contributed by atoms with Crippen LogP contribution in [-0.4, -0.2) is 0 Å². The van der Waals surface area contributed by atoms with Crippen LogP contribution in [0.15, 0.2) is 90.7 Å². The highest BCUT2D eigenvalue weighted by atomic mass is 15.0. The fourth-order valence-electron chi connectivity index (χ4n) is 4.12. The summed E-state index contributed by atoms with van der Waals surface area (Å²) in [6.07, 6.45) is 12.1. The third-order valence-corrected chi connectivity index (χ3v) is 5.85. The Kier molecular flexibility index (Phi) is 5.71. The van der Waals surface area contributed by atoms with E-state index in [1.54, 1.807) is 0 Å². The van der Waals surface area contributed by atoms with E-state index in [4.69, 9.17) is 5.73 Å². The maximum atomic E-state index is 6.03. The number of anilines is 1. The van der Waals surface area contributed by atoms with Crippen LogP contribution in [0.1, 0.15) is 43.7 Å². The van der Waals surface area contributed by atoms with E-state index < -0.39 is 0 Å². The number of benzene rings is 3. The minimum absolute atomic E-state index is 0.293. The lowest BCUT2D eigenvalue weighted by Crippen LogP contribution is -2.34. The lowest BCUT2D eigenvalue weighted by atomic mass is 9.82. The first-order chi connectivity index (χ1) is 14.2. The summed E-state index contributed by atoms with van der Waals surface area (Å²) in [4.78, 5) is 0. The van der Waals surface area contributed by atoms with Gasteiger partial charge in [0.15, 0.2) is 0 Å². The summed E-state index contributed by atoms with van der Waals surface area (Å²) >= 11 is 0. The number of rotatable bonds is 7. The molecule has 0 aromatic heterocycles. The van der Waals surface area contributed by atoms with Crippen LogP contribution in [-0.2, 0) is 12.0 Å². The number of unbranched alkanes of at least 4 members (excludes halogenated alkanes) is 2. The minimum atomic E-state index is -0.293. The zero-order valence-electron chi connectivity index (χ0n) is 17.2. The molecule has 0 spiro atoms. The van der Waals surface area contributed by atoms with Gasteiger partial charge in [-0.2, -0.15) is 0 Å². The van der Waals surface area contributed by atoms with Gasteiger partial charge in [0.2, 0.25) is 0 Å². The number of aryl methyl sites for hydroxylation is 1. The van der Waals surface area contributed by atoms with Crippen LogP contribution in [0, 0.1) is 0 Å². The van der Waals surface area contributed by atoms with Gasteiger partial charge in [-0.15, -0.1) is 0 Å².